The molecule has 2 aromatic heterocycles. The molecule has 160 valence electrons. The number of carboxylic acids is 1. The Hall–Kier alpha value is -3.91. The third-order valence-corrected chi connectivity index (χ3v) is 6.29. The molecule has 8 heteroatoms. The number of aromatic nitrogens is 2. The molecule has 1 aliphatic carbocycles. The molecule has 0 bridgehead atoms. The molecule has 0 unspecified atom stereocenters. The van der Waals surface area contributed by atoms with E-state index < -0.39 is 5.97 Å². The van der Waals surface area contributed by atoms with Crippen LogP contribution in [0.5, 0.6) is 5.75 Å². The summed E-state index contributed by atoms with van der Waals surface area (Å²) in [7, 11) is 1.43. The van der Waals surface area contributed by atoms with Crippen LogP contribution < -0.4 is 15.6 Å². The maximum Gasteiger partial charge on any atom is 0.358 e. The summed E-state index contributed by atoms with van der Waals surface area (Å²) < 4.78 is 6.25. The van der Waals surface area contributed by atoms with Crippen LogP contribution in [0.3, 0.4) is 0 Å². The Bertz CT molecular complexity index is 1330. The lowest BCUT2D eigenvalue weighted by Gasteiger charge is -2.20. The fraction of sp³-hybridized carbons (Fsp3) is 0.125. The molecule has 2 aromatic carbocycles. The number of hydrogen-bond donors (Lipinski definition) is 3. The number of aryl methyl sites for hydroxylation is 1. The van der Waals surface area contributed by atoms with E-state index in [1.807, 2.05) is 36.4 Å². The van der Waals surface area contributed by atoms with E-state index in [0.29, 0.717) is 5.69 Å². The van der Waals surface area contributed by atoms with Crippen molar-refractivity contribution in [2.45, 2.75) is 12.8 Å². The molecular formula is C24H20N4O3S. The molecule has 0 aliphatic heterocycles. The minimum absolute atomic E-state index is 0.103. The standard InChI is InChI=1S/C24H20N4O3S/c1-31-20-12-11-17(25-22(20)23(29)30)15-10-9-14-5-4-7-18(16(14)13-15)27-28-24-26-19-6-2-3-8-21(19)32-24/h2-3,6-13,27H,4-5H2,1H3,(H,26,28)(H,29,30). The van der Waals surface area contributed by atoms with Gasteiger partial charge in [0.2, 0.25) is 5.13 Å². The van der Waals surface area contributed by atoms with Crippen molar-refractivity contribution < 1.29 is 14.6 Å². The highest BCUT2D eigenvalue weighted by molar-refractivity contribution is 7.22. The van der Waals surface area contributed by atoms with Gasteiger partial charge in [-0.1, -0.05) is 41.7 Å². The molecule has 4 aromatic rings. The number of methoxy groups -OCH3 is 1. The number of thiazole rings is 1. The number of pyridine rings is 1. The monoisotopic (exact) mass is 444 g/mol. The van der Waals surface area contributed by atoms with E-state index in [-0.39, 0.29) is 11.4 Å². The smallest absolute Gasteiger partial charge is 0.358 e. The van der Waals surface area contributed by atoms with Crippen molar-refractivity contribution in [3.8, 4) is 17.0 Å². The van der Waals surface area contributed by atoms with Gasteiger partial charge in [-0.2, -0.15) is 0 Å². The lowest BCUT2D eigenvalue weighted by molar-refractivity contribution is 0.0686. The molecule has 0 saturated carbocycles. The zero-order valence-electron chi connectivity index (χ0n) is 17.3. The number of aromatic carboxylic acids is 1. The summed E-state index contributed by atoms with van der Waals surface area (Å²) in [6.45, 7) is 0. The van der Waals surface area contributed by atoms with Gasteiger partial charge in [0, 0.05) is 11.1 Å². The normalized spacial score (nSPS) is 12.7. The van der Waals surface area contributed by atoms with Crippen LogP contribution in [0.4, 0.5) is 5.13 Å². The van der Waals surface area contributed by atoms with E-state index >= 15 is 0 Å². The number of allylic oxidation sites excluding steroid dienone is 1. The highest BCUT2D eigenvalue weighted by atomic mass is 32.1. The number of anilines is 1. The van der Waals surface area contributed by atoms with E-state index in [1.54, 1.807) is 23.5 Å². The topological polar surface area (TPSA) is 96.4 Å². The minimum atomic E-state index is -1.12. The summed E-state index contributed by atoms with van der Waals surface area (Å²) in [4.78, 5) is 20.5. The van der Waals surface area contributed by atoms with Crippen LogP contribution in [0, 0.1) is 0 Å². The number of rotatable bonds is 6. The number of benzene rings is 2. The second-order valence-electron chi connectivity index (χ2n) is 7.32. The third kappa shape index (κ3) is 3.76. The summed E-state index contributed by atoms with van der Waals surface area (Å²) in [6.07, 6.45) is 4.02. The molecule has 7 nitrogen and oxygen atoms in total. The van der Waals surface area contributed by atoms with E-state index in [4.69, 9.17) is 4.74 Å². The van der Waals surface area contributed by atoms with Crippen molar-refractivity contribution >= 4 is 38.4 Å². The highest BCUT2D eigenvalue weighted by Gasteiger charge is 2.17. The van der Waals surface area contributed by atoms with E-state index in [1.165, 1.54) is 12.7 Å². The van der Waals surface area contributed by atoms with Gasteiger partial charge in [0.05, 0.1) is 28.7 Å². The fourth-order valence-electron chi connectivity index (χ4n) is 3.78. The second kappa shape index (κ2) is 8.32. The number of carbonyl (C=O) groups is 1. The molecule has 0 spiro atoms. The number of nitrogens with one attached hydrogen (secondary N) is 2. The Morgan fingerprint density at radius 1 is 1.09 bits per heavy atom. The van der Waals surface area contributed by atoms with Crippen molar-refractivity contribution in [3.05, 3.63) is 77.5 Å². The Balaban J connectivity index is 1.43. The van der Waals surface area contributed by atoms with E-state index in [0.717, 1.165) is 45.0 Å². The van der Waals surface area contributed by atoms with Gasteiger partial charge in [0.1, 0.15) is 0 Å². The first-order chi connectivity index (χ1) is 15.6. The number of hydrogen-bond acceptors (Lipinski definition) is 7. The van der Waals surface area contributed by atoms with Crippen LogP contribution in [0.2, 0.25) is 0 Å². The van der Waals surface area contributed by atoms with Gasteiger partial charge in [-0.05, 0) is 48.7 Å². The summed E-state index contributed by atoms with van der Waals surface area (Å²) in [5.74, 6) is -0.884. The highest BCUT2D eigenvalue weighted by Crippen LogP contribution is 2.31. The number of fused-ring (bicyclic) bond motifs is 2. The Labute approximate surface area is 188 Å². The molecule has 3 N–H and O–H groups in total. The first-order valence-corrected chi connectivity index (χ1v) is 10.9. The van der Waals surface area contributed by atoms with Crippen LogP contribution in [-0.2, 0) is 6.42 Å². The maximum atomic E-state index is 11.6. The van der Waals surface area contributed by atoms with Crippen molar-refractivity contribution in [1.82, 2.24) is 15.4 Å². The Kier molecular flexibility index (Phi) is 5.20. The molecule has 0 fully saturated rings. The van der Waals surface area contributed by atoms with Crippen LogP contribution >= 0.6 is 11.3 Å². The van der Waals surface area contributed by atoms with Crippen LogP contribution in [-0.4, -0.2) is 28.2 Å². The third-order valence-electron chi connectivity index (χ3n) is 5.34. The molecule has 0 amide bonds. The molecule has 32 heavy (non-hydrogen) atoms. The number of nitrogens with zero attached hydrogens (tertiary/aromatic N) is 2. The average Bonchev–Trinajstić information content (AvgIpc) is 3.25. The molecular weight excluding hydrogens is 424 g/mol. The predicted octanol–water partition coefficient (Wildman–Crippen LogP) is 4.97. The van der Waals surface area contributed by atoms with E-state index in [9.17, 15) is 9.90 Å². The minimum Gasteiger partial charge on any atom is -0.494 e. The zero-order valence-corrected chi connectivity index (χ0v) is 18.1. The lowest BCUT2D eigenvalue weighted by Crippen LogP contribution is -2.22. The van der Waals surface area contributed by atoms with Crippen molar-refractivity contribution in [2.75, 3.05) is 12.5 Å². The quantitative estimate of drug-likeness (QED) is 0.361. The fourth-order valence-corrected chi connectivity index (χ4v) is 4.60. The van der Waals surface area contributed by atoms with Crippen molar-refractivity contribution in [2.24, 2.45) is 0 Å². The molecule has 0 atom stereocenters. The van der Waals surface area contributed by atoms with Crippen molar-refractivity contribution in [1.29, 1.82) is 0 Å². The van der Waals surface area contributed by atoms with Gasteiger partial charge in [0.15, 0.2) is 11.4 Å². The van der Waals surface area contributed by atoms with Gasteiger partial charge in [0.25, 0.3) is 0 Å². The molecule has 2 heterocycles. The van der Waals surface area contributed by atoms with Crippen LogP contribution in [0.1, 0.15) is 28.0 Å². The Morgan fingerprint density at radius 2 is 1.97 bits per heavy atom. The zero-order chi connectivity index (χ0) is 22.1. The van der Waals surface area contributed by atoms with Gasteiger partial charge in [-0.15, -0.1) is 0 Å². The van der Waals surface area contributed by atoms with Gasteiger partial charge >= 0.3 is 5.97 Å². The van der Waals surface area contributed by atoms with Crippen LogP contribution in [0.15, 0.2) is 60.7 Å². The van der Waals surface area contributed by atoms with Crippen LogP contribution in [0.25, 0.3) is 27.2 Å². The van der Waals surface area contributed by atoms with E-state index in [2.05, 4.69) is 33.0 Å². The predicted molar refractivity (Wildman–Crippen MR) is 126 cm³/mol. The molecule has 0 saturated heterocycles. The SMILES string of the molecule is COc1ccc(-c2ccc3c(c2)C(NNc2nc4ccccc4s2)=CCC3)nc1C(=O)O. The summed E-state index contributed by atoms with van der Waals surface area (Å²) in [5.41, 5.74) is 12.0. The van der Waals surface area contributed by atoms with Gasteiger partial charge in [-0.3, -0.25) is 10.9 Å². The number of hydrazine groups is 1. The lowest BCUT2D eigenvalue weighted by atomic mass is 9.92. The first-order valence-electron chi connectivity index (χ1n) is 10.1. The summed E-state index contributed by atoms with van der Waals surface area (Å²) in [5, 5.41) is 10.2. The maximum absolute atomic E-state index is 11.6. The number of ether oxygens (including phenoxy) is 1. The Morgan fingerprint density at radius 3 is 2.78 bits per heavy atom. The summed E-state index contributed by atoms with van der Waals surface area (Å²) >= 11 is 1.59. The van der Waals surface area contributed by atoms with Gasteiger partial charge < -0.3 is 9.84 Å². The number of carboxylic acid groups (broad SMARTS) is 1. The van der Waals surface area contributed by atoms with Gasteiger partial charge in [-0.25, -0.2) is 14.8 Å². The average molecular weight is 445 g/mol. The second-order valence-corrected chi connectivity index (χ2v) is 8.35. The number of para-hydroxylation sites is 1. The van der Waals surface area contributed by atoms with Crippen molar-refractivity contribution in [3.63, 3.8) is 0 Å². The largest absolute Gasteiger partial charge is 0.494 e. The molecule has 0 radical (unpaired) electrons. The molecule has 5 rings (SSSR count). The summed E-state index contributed by atoms with van der Waals surface area (Å²) in [6, 6.07) is 17.5. The molecule has 1 aliphatic rings. The first kappa shape index (κ1) is 20.0.